The van der Waals surface area contributed by atoms with Gasteiger partial charge in [-0.3, -0.25) is 0 Å². The van der Waals surface area contributed by atoms with Crippen molar-refractivity contribution in [2.75, 3.05) is 0 Å². The Balaban J connectivity index is 3.79. The van der Waals surface area contributed by atoms with E-state index in [0.717, 1.165) is 6.42 Å². The molecule has 1 N–H and O–H groups in total. The highest BCUT2D eigenvalue weighted by Crippen LogP contribution is 2.07. The molecule has 0 aliphatic heterocycles. The number of nitriles is 1. The van der Waals surface area contributed by atoms with Gasteiger partial charge in [-0.2, -0.15) is 5.26 Å². The van der Waals surface area contributed by atoms with Crippen LogP contribution in [0.3, 0.4) is 0 Å². The van der Waals surface area contributed by atoms with Crippen LogP contribution in [0.25, 0.3) is 0 Å². The van der Waals surface area contributed by atoms with Crippen molar-refractivity contribution >= 4 is 0 Å². The Hall–Kier alpha value is -0.550. The van der Waals surface area contributed by atoms with Crippen LogP contribution in [0.2, 0.25) is 0 Å². The van der Waals surface area contributed by atoms with Crippen LogP contribution in [0.5, 0.6) is 0 Å². The van der Waals surface area contributed by atoms with E-state index in [2.05, 4.69) is 39.1 Å². The minimum absolute atomic E-state index is 0.370. The van der Waals surface area contributed by atoms with E-state index in [1.54, 1.807) is 0 Å². The van der Waals surface area contributed by atoms with Gasteiger partial charge in [-0.25, -0.2) is 0 Å². The number of nitrogens with zero attached hydrogens (tertiary/aromatic N) is 1. The Labute approximate surface area is 76.0 Å². The van der Waals surface area contributed by atoms with Gasteiger partial charge in [0, 0.05) is 12.1 Å². The van der Waals surface area contributed by atoms with E-state index in [4.69, 9.17) is 5.26 Å². The van der Waals surface area contributed by atoms with Crippen molar-refractivity contribution in [2.24, 2.45) is 5.92 Å². The van der Waals surface area contributed by atoms with Crippen LogP contribution in [0.4, 0.5) is 0 Å². The number of hydrogen-bond donors (Lipinski definition) is 1. The predicted octanol–water partition coefficient (Wildman–Crippen LogP) is 2.31. The molecule has 0 aliphatic carbocycles. The first-order valence-corrected chi connectivity index (χ1v) is 4.69. The van der Waals surface area contributed by atoms with Gasteiger partial charge in [0.25, 0.3) is 0 Å². The van der Waals surface area contributed by atoms with Crippen LogP contribution in [0, 0.1) is 17.2 Å². The molecule has 0 amide bonds. The van der Waals surface area contributed by atoms with E-state index >= 15 is 0 Å². The second kappa shape index (κ2) is 6.02. The average molecular weight is 168 g/mol. The van der Waals surface area contributed by atoms with Gasteiger partial charge >= 0.3 is 0 Å². The first-order valence-electron chi connectivity index (χ1n) is 4.69. The number of nitrogens with one attached hydrogen (secondary N) is 1. The molecule has 0 bridgehead atoms. The topological polar surface area (TPSA) is 35.8 Å². The molecular formula is C10H20N2. The van der Waals surface area contributed by atoms with E-state index in [0.29, 0.717) is 24.4 Å². The van der Waals surface area contributed by atoms with Crippen molar-refractivity contribution in [3.8, 4) is 6.07 Å². The summed E-state index contributed by atoms with van der Waals surface area (Å²) in [6.45, 7) is 8.61. The standard InChI is InChI=1S/C10H20N2/c1-8(2)7-10(5-6-11)12-9(3)4/h8-10,12H,5,7H2,1-4H3. The molecule has 0 fully saturated rings. The van der Waals surface area contributed by atoms with Gasteiger partial charge in [-0.15, -0.1) is 0 Å². The minimum Gasteiger partial charge on any atom is -0.311 e. The minimum atomic E-state index is 0.370. The highest BCUT2D eigenvalue weighted by Gasteiger charge is 2.10. The predicted molar refractivity (Wildman–Crippen MR) is 51.7 cm³/mol. The summed E-state index contributed by atoms with van der Waals surface area (Å²) in [5, 5.41) is 12.0. The highest BCUT2D eigenvalue weighted by molar-refractivity contribution is 4.82. The maximum absolute atomic E-state index is 8.57. The molecule has 0 aromatic heterocycles. The third-order valence-electron chi connectivity index (χ3n) is 1.66. The second-order valence-electron chi connectivity index (χ2n) is 4.01. The zero-order chi connectivity index (χ0) is 9.56. The van der Waals surface area contributed by atoms with Gasteiger partial charge in [0.1, 0.15) is 0 Å². The van der Waals surface area contributed by atoms with Crippen molar-refractivity contribution in [1.82, 2.24) is 5.32 Å². The van der Waals surface area contributed by atoms with E-state index in [1.807, 2.05) is 0 Å². The summed E-state index contributed by atoms with van der Waals surface area (Å²) in [4.78, 5) is 0. The van der Waals surface area contributed by atoms with E-state index < -0.39 is 0 Å². The largest absolute Gasteiger partial charge is 0.311 e. The van der Waals surface area contributed by atoms with Crippen LogP contribution >= 0.6 is 0 Å². The Bertz CT molecular complexity index is 134. The van der Waals surface area contributed by atoms with Gasteiger partial charge in [0.2, 0.25) is 0 Å². The second-order valence-corrected chi connectivity index (χ2v) is 4.01. The van der Waals surface area contributed by atoms with Crippen molar-refractivity contribution in [3.63, 3.8) is 0 Å². The molecule has 0 radical (unpaired) electrons. The normalized spacial score (nSPS) is 13.4. The molecule has 12 heavy (non-hydrogen) atoms. The van der Waals surface area contributed by atoms with Crippen molar-refractivity contribution in [1.29, 1.82) is 5.26 Å². The lowest BCUT2D eigenvalue weighted by molar-refractivity contribution is 0.395. The third kappa shape index (κ3) is 6.18. The molecule has 0 aromatic rings. The molecule has 0 spiro atoms. The molecule has 1 unspecified atom stereocenters. The summed E-state index contributed by atoms with van der Waals surface area (Å²) in [5.41, 5.74) is 0. The van der Waals surface area contributed by atoms with Gasteiger partial charge in [0.05, 0.1) is 12.5 Å². The maximum Gasteiger partial charge on any atom is 0.0638 e. The van der Waals surface area contributed by atoms with E-state index in [-0.39, 0.29) is 0 Å². The van der Waals surface area contributed by atoms with Crippen LogP contribution < -0.4 is 5.32 Å². The molecule has 2 nitrogen and oxygen atoms in total. The maximum atomic E-state index is 8.57. The molecule has 70 valence electrons. The molecule has 2 heteroatoms. The van der Waals surface area contributed by atoms with Crippen LogP contribution in [-0.4, -0.2) is 12.1 Å². The van der Waals surface area contributed by atoms with Gasteiger partial charge in [0.15, 0.2) is 0 Å². The highest BCUT2D eigenvalue weighted by atomic mass is 14.9. The van der Waals surface area contributed by atoms with Crippen LogP contribution in [0.15, 0.2) is 0 Å². The fourth-order valence-electron chi connectivity index (χ4n) is 1.36. The number of rotatable bonds is 5. The molecule has 0 saturated carbocycles. The zero-order valence-electron chi connectivity index (χ0n) is 8.59. The summed E-state index contributed by atoms with van der Waals surface area (Å²) in [5.74, 6) is 0.662. The van der Waals surface area contributed by atoms with Crippen molar-refractivity contribution < 1.29 is 0 Å². The summed E-state index contributed by atoms with van der Waals surface area (Å²) in [6, 6.07) is 3.06. The Morgan fingerprint density at radius 2 is 1.83 bits per heavy atom. The first kappa shape index (κ1) is 11.4. The lowest BCUT2D eigenvalue weighted by Crippen LogP contribution is -2.35. The fourth-order valence-corrected chi connectivity index (χ4v) is 1.36. The van der Waals surface area contributed by atoms with Crippen molar-refractivity contribution in [3.05, 3.63) is 0 Å². The molecule has 0 heterocycles. The number of hydrogen-bond acceptors (Lipinski definition) is 2. The average Bonchev–Trinajstić information content (AvgIpc) is 1.84. The molecule has 0 aromatic carbocycles. The summed E-state index contributed by atoms with van der Waals surface area (Å²) in [7, 11) is 0. The fraction of sp³-hybridized carbons (Fsp3) is 0.900. The SMILES string of the molecule is CC(C)CC(CC#N)NC(C)C. The first-order chi connectivity index (χ1) is 5.56. The van der Waals surface area contributed by atoms with Gasteiger partial charge in [-0.05, 0) is 12.3 Å². The molecule has 1 atom stereocenters. The molecule has 0 aliphatic rings. The summed E-state index contributed by atoms with van der Waals surface area (Å²) < 4.78 is 0. The van der Waals surface area contributed by atoms with Gasteiger partial charge in [-0.1, -0.05) is 27.7 Å². The van der Waals surface area contributed by atoms with Gasteiger partial charge < -0.3 is 5.32 Å². The zero-order valence-corrected chi connectivity index (χ0v) is 8.59. The van der Waals surface area contributed by atoms with Crippen LogP contribution in [0.1, 0.15) is 40.5 Å². The quantitative estimate of drug-likeness (QED) is 0.683. The monoisotopic (exact) mass is 168 g/mol. The van der Waals surface area contributed by atoms with E-state index in [1.165, 1.54) is 0 Å². The summed E-state index contributed by atoms with van der Waals surface area (Å²) >= 11 is 0. The Kier molecular flexibility index (Phi) is 5.74. The van der Waals surface area contributed by atoms with Crippen molar-refractivity contribution in [2.45, 2.75) is 52.6 Å². The molecule has 0 saturated heterocycles. The lowest BCUT2D eigenvalue weighted by Gasteiger charge is -2.20. The summed E-state index contributed by atoms with van der Waals surface area (Å²) in [6.07, 6.45) is 1.71. The molecule has 0 rings (SSSR count). The molecular weight excluding hydrogens is 148 g/mol. The Morgan fingerprint density at radius 3 is 2.17 bits per heavy atom. The van der Waals surface area contributed by atoms with E-state index in [9.17, 15) is 0 Å². The lowest BCUT2D eigenvalue weighted by atomic mass is 10.0. The Morgan fingerprint density at radius 1 is 1.25 bits per heavy atom. The third-order valence-corrected chi connectivity index (χ3v) is 1.66. The smallest absolute Gasteiger partial charge is 0.0638 e. The van der Waals surface area contributed by atoms with Crippen LogP contribution in [-0.2, 0) is 0 Å².